The molecule has 1 N–H and O–H groups in total. The molecule has 3 aromatic rings. The van der Waals surface area contributed by atoms with E-state index in [2.05, 4.69) is 19.8 Å². The third kappa shape index (κ3) is 4.18. The van der Waals surface area contributed by atoms with E-state index in [1.165, 1.54) is 30.6 Å². The highest BCUT2D eigenvalue weighted by molar-refractivity contribution is 7.91. The molecule has 1 aromatic carbocycles. The maximum atomic E-state index is 13.2. The summed E-state index contributed by atoms with van der Waals surface area (Å²) in [5, 5.41) is 4.30. The minimum absolute atomic E-state index is 0.119. The third-order valence-corrected chi connectivity index (χ3v) is 4.62. The van der Waals surface area contributed by atoms with Crippen molar-refractivity contribution in [1.82, 2.24) is 19.7 Å². The summed E-state index contributed by atoms with van der Waals surface area (Å²) in [5.74, 6) is -0.274. The summed E-state index contributed by atoms with van der Waals surface area (Å²) >= 11 is 0. The normalized spacial score (nSPS) is 11.5. The Balaban J connectivity index is 1.83. The molecule has 2 aromatic heterocycles. The SMILES string of the molecule is Cc1cc(C)n(-c2cc(NS(=O)(=O)Cc3cccc(F)c3)ncn2)n1. The highest BCUT2D eigenvalue weighted by Gasteiger charge is 2.14. The monoisotopic (exact) mass is 361 g/mol. The predicted octanol–water partition coefficient (Wildman–Crippen LogP) is 2.36. The van der Waals surface area contributed by atoms with E-state index < -0.39 is 15.8 Å². The summed E-state index contributed by atoms with van der Waals surface area (Å²) in [7, 11) is -3.74. The van der Waals surface area contributed by atoms with Crippen molar-refractivity contribution >= 4 is 15.8 Å². The van der Waals surface area contributed by atoms with E-state index in [1.54, 1.807) is 10.7 Å². The third-order valence-electron chi connectivity index (χ3n) is 3.39. The molecule has 2 heterocycles. The van der Waals surface area contributed by atoms with Gasteiger partial charge in [-0.2, -0.15) is 5.10 Å². The highest BCUT2D eigenvalue weighted by atomic mass is 32.2. The van der Waals surface area contributed by atoms with Crippen LogP contribution >= 0.6 is 0 Å². The maximum Gasteiger partial charge on any atom is 0.238 e. The van der Waals surface area contributed by atoms with Crippen LogP contribution in [0.3, 0.4) is 0 Å². The topological polar surface area (TPSA) is 89.8 Å². The zero-order chi connectivity index (χ0) is 18.0. The first kappa shape index (κ1) is 17.0. The summed E-state index contributed by atoms with van der Waals surface area (Å²) in [6, 6.07) is 8.82. The molecule has 0 aliphatic rings. The van der Waals surface area contributed by atoms with Crippen LogP contribution in [0.25, 0.3) is 5.82 Å². The van der Waals surface area contributed by atoms with E-state index in [1.807, 2.05) is 19.9 Å². The van der Waals surface area contributed by atoms with Gasteiger partial charge >= 0.3 is 0 Å². The molecule has 0 unspecified atom stereocenters. The number of rotatable bonds is 5. The molecule has 0 fully saturated rings. The molecular formula is C16H16FN5O2S. The summed E-state index contributed by atoms with van der Waals surface area (Å²) in [6.45, 7) is 3.73. The van der Waals surface area contributed by atoms with Crippen LogP contribution in [0.5, 0.6) is 0 Å². The molecule has 7 nitrogen and oxygen atoms in total. The number of aryl methyl sites for hydroxylation is 2. The van der Waals surface area contributed by atoms with Crippen LogP contribution in [0.4, 0.5) is 10.2 Å². The molecule has 3 rings (SSSR count). The van der Waals surface area contributed by atoms with Crippen LogP contribution in [0.15, 0.2) is 42.7 Å². The fraction of sp³-hybridized carbons (Fsp3) is 0.188. The first-order valence-corrected chi connectivity index (χ1v) is 9.08. The number of halogens is 1. The standard InChI is InChI=1S/C16H16FN5O2S/c1-11-6-12(2)22(20-11)16-8-15(18-10-19-16)21-25(23,24)9-13-4-3-5-14(17)7-13/h3-8,10H,9H2,1-2H3,(H,18,19,21). The first-order valence-electron chi connectivity index (χ1n) is 7.43. The Kier molecular flexibility index (Phi) is 4.49. The van der Waals surface area contributed by atoms with Crippen molar-refractivity contribution in [3.63, 3.8) is 0 Å². The second kappa shape index (κ2) is 6.60. The molecule has 0 aliphatic heterocycles. The quantitative estimate of drug-likeness (QED) is 0.753. The smallest absolute Gasteiger partial charge is 0.238 e. The second-order valence-corrected chi connectivity index (χ2v) is 7.31. The van der Waals surface area contributed by atoms with Crippen molar-refractivity contribution in [2.75, 3.05) is 4.72 Å². The summed E-state index contributed by atoms with van der Waals surface area (Å²) in [4.78, 5) is 8.04. The zero-order valence-corrected chi connectivity index (χ0v) is 14.5. The van der Waals surface area contributed by atoms with Gasteiger partial charge in [-0.25, -0.2) is 27.5 Å². The number of benzene rings is 1. The average molecular weight is 361 g/mol. The van der Waals surface area contributed by atoms with Gasteiger partial charge in [-0.15, -0.1) is 0 Å². The van der Waals surface area contributed by atoms with Crippen molar-refractivity contribution < 1.29 is 12.8 Å². The van der Waals surface area contributed by atoms with Crippen LogP contribution in [-0.4, -0.2) is 28.2 Å². The van der Waals surface area contributed by atoms with Crippen molar-refractivity contribution in [2.24, 2.45) is 0 Å². The summed E-state index contributed by atoms with van der Waals surface area (Å²) in [5.41, 5.74) is 2.04. The van der Waals surface area contributed by atoms with Crippen molar-refractivity contribution in [1.29, 1.82) is 0 Å². The number of aromatic nitrogens is 4. The Hall–Kier alpha value is -2.81. The Morgan fingerprint density at radius 1 is 1.16 bits per heavy atom. The van der Waals surface area contributed by atoms with Gasteiger partial charge in [-0.05, 0) is 37.6 Å². The van der Waals surface area contributed by atoms with Gasteiger partial charge in [0.15, 0.2) is 5.82 Å². The Morgan fingerprint density at radius 2 is 1.96 bits per heavy atom. The van der Waals surface area contributed by atoms with E-state index in [0.717, 1.165) is 11.4 Å². The molecule has 0 spiro atoms. The van der Waals surface area contributed by atoms with Gasteiger partial charge in [0.2, 0.25) is 10.0 Å². The largest absolute Gasteiger partial charge is 0.267 e. The van der Waals surface area contributed by atoms with Crippen LogP contribution in [-0.2, 0) is 15.8 Å². The maximum absolute atomic E-state index is 13.2. The number of anilines is 1. The molecule has 0 saturated heterocycles. The van der Waals surface area contributed by atoms with E-state index in [4.69, 9.17) is 0 Å². The molecular weight excluding hydrogens is 345 g/mol. The minimum Gasteiger partial charge on any atom is -0.267 e. The van der Waals surface area contributed by atoms with Crippen molar-refractivity contribution in [3.8, 4) is 5.82 Å². The minimum atomic E-state index is -3.74. The molecule has 0 atom stereocenters. The molecule has 0 saturated carbocycles. The van der Waals surface area contributed by atoms with Crippen molar-refractivity contribution in [2.45, 2.75) is 19.6 Å². The number of hydrogen-bond acceptors (Lipinski definition) is 5. The van der Waals surface area contributed by atoms with Crippen LogP contribution in [0.2, 0.25) is 0 Å². The number of nitrogens with zero attached hydrogens (tertiary/aromatic N) is 4. The van der Waals surface area contributed by atoms with E-state index in [9.17, 15) is 12.8 Å². The Bertz CT molecular complexity index is 1020. The lowest BCUT2D eigenvalue weighted by Gasteiger charge is -2.09. The zero-order valence-electron chi connectivity index (χ0n) is 13.6. The van der Waals surface area contributed by atoms with Crippen molar-refractivity contribution in [3.05, 3.63) is 65.5 Å². The molecule has 0 amide bonds. The molecule has 25 heavy (non-hydrogen) atoms. The van der Waals surface area contributed by atoms with Gasteiger partial charge in [-0.1, -0.05) is 12.1 Å². The van der Waals surface area contributed by atoms with Gasteiger partial charge in [0.25, 0.3) is 0 Å². The van der Waals surface area contributed by atoms with Crippen LogP contribution < -0.4 is 4.72 Å². The van der Waals surface area contributed by atoms with E-state index >= 15 is 0 Å². The Morgan fingerprint density at radius 3 is 2.64 bits per heavy atom. The van der Waals surface area contributed by atoms with Gasteiger partial charge in [0.1, 0.15) is 18.0 Å². The summed E-state index contributed by atoms with van der Waals surface area (Å²) in [6.07, 6.45) is 1.26. The first-order chi connectivity index (χ1) is 11.8. The molecule has 9 heteroatoms. The molecule has 0 radical (unpaired) electrons. The van der Waals surface area contributed by atoms with E-state index in [-0.39, 0.29) is 11.6 Å². The van der Waals surface area contributed by atoms with Gasteiger partial charge in [0.05, 0.1) is 11.4 Å². The predicted molar refractivity (Wildman–Crippen MR) is 91.3 cm³/mol. The number of nitrogens with one attached hydrogen (secondary N) is 1. The lowest BCUT2D eigenvalue weighted by atomic mass is 10.2. The lowest BCUT2D eigenvalue weighted by molar-refractivity contribution is 0.599. The highest BCUT2D eigenvalue weighted by Crippen LogP contribution is 2.15. The van der Waals surface area contributed by atoms with Crippen LogP contribution in [0, 0.1) is 19.7 Å². The second-order valence-electron chi connectivity index (χ2n) is 5.59. The lowest BCUT2D eigenvalue weighted by Crippen LogP contribution is -2.16. The molecule has 0 aliphatic carbocycles. The van der Waals surface area contributed by atoms with E-state index in [0.29, 0.717) is 11.4 Å². The van der Waals surface area contributed by atoms with Gasteiger partial charge in [-0.3, -0.25) is 4.72 Å². The molecule has 0 bridgehead atoms. The molecule has 130 valence electrons. The average Bonchev–Trinajstić information content (AvgIpc) is 2.85. The fourth-order valence-electron chi connectivity index (χ4n) is 2.42. The number of hydrogen-bond donors (Lipinski definition) is 1. The van der Waals surface area contributed by atoms with Crippen LogP contribution in [0.1, 0.15) is 17.0 Å². The van der Waals surface area contributed by atoms with Gasteiger partial charge in [0, 0.05) is 11.8 Å². The number of sulfonamides is 1. The van der Waals surface area contributed by atoms with Gasteiger partial charge < -0.3 is 0 Å². The summed E-state index contributed by atoms with van der Waals surface area (Å²) < 4.78 is 41.7. The fourth-order valence-corrected chi connectivity index (χ4v) is 3.54. The Labute approximate surface area is 144 Å².